The van der Waals surface area contributed by atoms with Crippen LogP contribution in [-0.4, -0.2) is 60.5 Å². The second-order valence-corrected chi connectivity index (χ2v) is 16.2. The minimum absolute atomic E-state index is 0.0224. The molecule has 0 bridgehead atoms. The van der Waals surface area contributed by atoms with Gasteiger partial charge in [0.25, 0.3) is 0 Å². The van der Waals surface area contributed by atoms with E-state index in [4.69, 9.17) is 24.3 Å². The van der Waals surface area contributed by atoms with Gasteiger partial charge in [0, 0.05) is 19.4 Å². The van der Waals surface area contributed by atoms with E-state index < -0.39 is 38.6 Å². The Labute approximate surface area is 353 Å². The van der Waals surface area contributed by atoms with Gasteiger partial charge in [-0.3, -0.25) is 18.6 Å². The van der Waals surface area contributed by atoms with Crippen molar-refractivity contribution < 1.29 is 42.7 Å². The average Bonchev–Trinajstić information content (AvgIpc) is 3.20. The highest BCUT2D eigenvalue weighted by Crippen LogP contribution is 2.43. The van der Waals surface area contributed by atoms with Gasteiger partial charge in [-0.1, -0.05) is 189 Å². The Bertz CT molecular complexity index is 1200. The number of ether oxygens (including phenoxy) is 2. The van der Waals surface area contributed by atoms with Crippen LogP contribution >= 0.6 is 7.82 Å². The number of rotatable bonds is 41. The van der Waals surface area contributed by atoms with Gasteiger partial charge in [-0.2, -0.15) is 0 Å². The number of allylic oxidation sites excluding steroid dienone is 10. The number of nitrogens with two attached hydrogens (primary N) is 1. The summed E-state index contributed by atoms with van der Waals surface area (Å²) in [5.74, 6) is -1.01. The highest BCUT2D eigenvalue weighted by molar-refractivity contribution is 7.47. The smallest absolute Gasteiger partial charge is 0.462 e. The number of hydrogen-bond acceptors (Lipinski definition) is 9. The van der Waals surface area contributed by atoms with Gasteiger partial charge in [0.15, 0.2) is 6.10 Å². The molecule has 0 amide bonds. The largest absolute Gasteiger partial charge is 0.472 e. The Kier molecular flexibility index (Phi) is 40.6. The zero-order valence-electron chi connectivity index (χ0n) is 36.4. The molecule has 4 N–H and O–H groups in total. The molecule has 0 aromatic rings. The van der Waals surface area contributed by atoms with Crippen LogP contribution in [0.2, 0.25) is 0 Å². The topological polar surface area (TPSA) is 155 Å². The molecule has 0 aliphatic carbocycles. The number of aliphatic hydroxyl groups is 1. The summed E-state index contributed by atoms with van der Waals surface area (Å²) in [6.45, 7) is 3.41. The molecule has 0 radical (unpaired) electrons. The lowest BCUT2D eigenvalue weighted by Gasteiger charge is -2.19. The summed E-state index contributed by atoms with van der Waals surface area (Å²) in [6, 6.07) is 0. The Hall–Kier alpha value is -2.59. The summed E-state index contributed by atoms with van der Waals surface area (Å²) in [4.78, 5) is 34.9. The van der Waals surface area contributed by atoms with E-state index in [2.05, 4.69) is 50.3 Å². The summed E-state index contributed by atoms with van der Waals surface area (Å²) >= 11 is 0. The molecule has 0 spiro atoms. The summed E-state index contributed by atoms with van der Waals surface area (Å²) in [5, 5.41) is 10.2. The first-order chi connectivity index (χ1) is 28.2. The molecule has 0 heterocycles. The predicted molar refractivity (Wildman–Crippen MR) is 239 cm³/mol. The maximum Gasteiger partial charge on any atom is 0.472 e. The van der Waals surface area contributed by atoms with Gasteiger partial charge in [0.2, 0.25) is 0 Å². The fourth-order valence-corrected chi connectivity index (χ4v) is 6.63. The first-order valence-electron chi connectivity index (χ1n) is 22.5. The highest BCUT2D eigenvalue weighted by atomic mass is 31.2. The minimum atomic E-state index is -4.43. The third-order valence-electron chi connectivity index (χ3n) is 9.20. The Balaban J connectivity index is 4.35. The first kappa shape index (κ1) is 55.4. The summed E-state index contributed by atoms with van der Waals surface area (Å²) < 4.78 is 32.7. The van der Waals surface area contributed by atoms with Crippen molar-refractivity contribution in [2.45, 2.75) is 187 Å². The molecule has 0 aromatic carbocycles. The van der Waals surface area contributed by atoms with Crippen molar-refractivity contribution in [2.24, 2.45) is 5.73 Å². The van der Waals surface area contributed by atoms with Crippen LogP contribution in [0.15, 0.2) is 72.9 Å². The number of phosphoric ester groups is 1. The maximum atomic E-state index is 12.6. The van der Waals surface area contributed by atoms with Crippen LogP contribution in [0.3, 0.4) is 0 Å². The average molecular weight is 836 g/mol. The fourth-order valence-electron chi connectivity index (χ4n) is 5.86. The number of carbonyl (C=O) groups excluding carboxylic acids is 2. The first-order valence-corrected chi connectivity index (χ1v) is 24.0. The normalized spacial score (nSPS) is 14.5. The van der Waals surface area contributed by atoms with Crippen molar-refractivity contribution in [2.75, 3.05) is 26.4 Å². The van der Waals surface area contributed by atoms with Crippen LogP contribution in [0.5, 0.6) is 0 Å². The van der Waals surface area contributed by atoms with Crippen molar-refractivity contribution in [3.63, 3.8) is 0 Å². The van der Waals surface area contributed by atoms with E-state index in [1.54, 1.807) is 18.2 Å². The predicted octanol–water partition coefficient (Wildman–Crippen LogP) is 12.0. The van der Waals surface area contributed by atoms with E-state index in [0.717, 1.165) is 44.9 Å². The van der Waals surface area contributed by atoms with Crippen molar-refractivity contribution in [1.82, 2.24) is 0 Å². The molecular formula is C47H82NO9P. The van der Waals surface area contributed by atoms with Crippen molar-refractivity contribution in [3.05, 3.63) is 72.9 Å². The van der Waals surface area contributed by atoms with E-state index in [1.807, 2.05) is 18.2 Å². The van der Waals surface area contributed by atoms with Crippen LogP contribution in [0, 0.1) is 0 Å². The van der Waals surface area contributed by atoms with E-state index in [9.17, 15) is 24.2 Å². The number of aliphatic hydroxyl groups excluding tert-OH is 1. The summed E-state index contributed by atoms with van der Waals surface area (Å²) in [7, 11) is -4.43. The molecule has 0 aromatic heterocycles. The number of carbonyl (C=O) groups is 2. The highest BCUT2D eigenvalue weighted by Gasteiger charge is 2.25. The van der Waals surface area contributed by atoms with E-state index in [1.165, 1.54) is 83.5 Å². The molecule has 3 atom stereocenters. The van der Waals surface area contributed by atoms with Gasteiger partial charge in [-0.25, -0.2) is 4.57 Å². The van der Waals surface area contributed by atoms with Gasteiger partial charge >= 0.3 is 19.8 Å². The van der Waals surface area contributed by atoms with Gasteiger partial charge < -0.3 is 25.2 Å². The van der Waals surface area contributed by atoms with Gasteiger partial charge in [0.1, 0.15) is 6.61 Å². The van der Waals surface area contributed by atoms with Gasteiger partial charge in [-0.15, -0.1) is 0 Å². The molecular weight excluding hydrogens is 753 g/mol. The molecule has 0 aliphatic rings. The van der Waals surface area contributed by atoms with E-state index >= 15 is 0 Å². The second kappa shape index (κ2) is 42.5. The molecule has 58 heavy (non-hydrogen) atoms. The molecule has 11 heteroatoms. The third kappa shape index (κ3) is 41.6. The second-order valence-electron chi connectivity index (χ2n) is 14.7. The third-order valence-corrected chi connectivity index (χ3v) is 10.2. The van der Waals surface area contributed by atoms with Crippen LogP contribution in [0.25, 0.3) is 0 Å². The molecule has 2 unspecified atom stereocenters. The van der Waals surface area contributed by atoms with Crippen molar-refractivity contribution in [1.29, 1.82) is 0 Å². The molecule has 0 rings (SSSR count). The zero-order chi connectivity index (χ0) is 42.6. The Morgan fingerprint density at radius 3 is 1.71 bits per heavy atom. The standard InChI is InChI=1S/C47H82NO9P/c1-3-5-7-9-11-13-15-17-18-19-20-22-24-26-28-30-34-38-46(50)54-42-45(43-56-58(52,53)55-41-40-48)57-47(51)39-35-31-33-37-44(49)36-32-29-27-25-23-21-16-14-12-10-8-6-4-2/h6,8,12,14,21,23,27,29,31-33,36,44-45,49H,3-5,7,9-11,13,15-20,22,24-26,28,30,34-35,37-43,48H2,1-2H3,(H,52,53)/b8-6-,14-12-,23-21-,29-27-,33-31-,36-32-/t44?,45-/m1/s1. The molecule has 0 saturated carbocycles. The van der Waals surface area contributed by atoms with Crippen molar-refractivity contribution in [3.8, 4) is 0 Å². The minimum Gasteiger partial charge on any atom is -0.462 e. The number of unbranched alkanes of at least 4 members (excludes halogenated alkanes) is 16. The summed E-state index contributed by atoms with van der Waals surface area (Å²) in [6.07, 6.45) is 48.2. The van der Waals surface area contributed by atoms with Crippen LogP contribution in [0.4, 0.5) is 0 Å². The SMILES string of the molecule is CC/C=C\C/C=C\C/C=C\C/C=C\C=C/C(O)C/C=C\CCC(=O)O[C@H](COC(=O)CCCCCCCCCCCCCCCCCCC)COP(=O)(O)OCCN. The van der Waals surface area contributed by atoms with Crippen LogP contribution in [0.1, 0.15) is 174 Å². The number of phosphoric acid groups is 1. The lowest BCUT2D eigenvalue weighted by molar-refractivity contribution is -0.161. The Morgan fingerprint density at radius 1 is 0.621 bits per heavy atom. The lowest BCUT2D eigenvalue weighted by Crippen LogP contribution is -2.29. The maximum absolute atomic E-state index is 12.6. The number of hydrogen-bond donors (Lipinski definition) is 3. The molecule has 0 fully saturated rings. The number of esters is 2. The monoisotopic (exact) mass is 836 g/mol. The zero-order valence-corrected chi connectivity index (χ0v) is 37.3. The lowest BCUT2D eigenvalue weighted by atomic mass is 10.0. The van der Waals surface area contributed by atoms with Gasteiger partial charge in [0.05, 0.1) is 19.3 Å². The van der Waals surface area contributed by atoms with Crippen LogP contribution < -0.4 is 5.73 Å². The van der Waals surface area contributed by atoms with Gasteiger partial charge in [-0.05, 0) is 44.9 Å². The molecule has 0 saturated heterocycles. The summed E-state index contributed by atoms with van der Waals surface area (Å²) in [5.41, 5.74) is 5.34. The van der Waals surface area contributed by atoms with E-state index in [-0.39, 0.29) is 32.6 Å². The Morgan fingerprint density at radius 2 is 1.16 bits per heavy atom. The van der Waals surface area contributed by atoms with Crippen molar-refractivity contribution >= 4 is 19.8 Å². The molecule has 10 nitrogen and oxygen atoms in total. The fraction of sp³-hybridized carbons (Fsp3) is 0.702. The van der Waals surface area contributed by atoms with Crippen LogP contribution in [-0.2, 0) is 32.7 Å². The van der Waals surface area contributed by atoms with E-state index in [0.29, 0.717) is 19.3 Å². The quantitative estimate of drug-likeness (QED) is 0.0178. The molecule has 0 aliphatic heterocycles. The molecule has 334 valence electrons.